The van der Waals surface area contributed by atoms with Crippen molar-refractivity contribution in [2.24, 2.45) is 0 Å². The number of methoxy groups -OCH3 is 2. The zero-order chi connectivity index (χ0) is 21.2. The van der Waals surface area contributed by atoms with Gasteiger partial charge >= 0.3 is 6.03 Å². The number of urea groups is 1. The second-order valence-electron chi connectivity index (χ2n) is 7.58. The van der Waals surface area contributed by atoms with Crippen LogP contribution in [0.5, 0.6) is 11.5 Å². The Hall–Kier alpha value is -3.06. The summed E-state index contributed by atoms with van der Waals surface area (Å²) >= 11 is 0. The van der Waals surface area contributed by atoms with Crippen LogP contribution < -0.4 is 19.7 Å². The molecule has 3 rings (SSSR count). The maximum absolute atomic E-state index is 13.1. The van der Waals surface area contributed by atoms with E-state index in [4.69, 9.17) is 9.47 Å². The number of carbonyl (C=O) groups excluding carboxylic acids is 2. The monoisotopic (exact) mass is 398 g/mol. The Labute approximate surface area is 171 Å². The lowest BCUT2D eigenvalue weighted by Crippen LogP contribution is -3.09. The molecule has 1 heterocycles. The number of rotatable bonds is 7. The molecule has 1 saturated heterocycles. The van der Waals surface area contributed by atoms with Gasteiger partial charge in [-0.3, -0.25) is 4.79 Å². The molecule has 29 heavy (non-hydrogen) atoms. The minimum atomic E-state index is -1.04. The standard InChI is InChI=1S/C22H27N3O4/c1-15-11-18(28-4)19(29-5)12-16(15)13-24(3)14-25-20(26)22(2,23-21(25)27)17-9-7-6-8-10-17/h6-12H,13-14H2,1-5H3,(H,23,27)/p+1/t22-/m1/s1. The second kappa shape index (κ2) is 8.13. The van der Waals surface area contributed by atoms with Gasteiger partial charge in [0.1, 0.15) is 12.1 Å². The van der Waals surface area contributed by atoms with Crippen molar-refractivity contribution in [2.75, 3.05) is 27.9 Å². The smallest absolute Gasteiger partial charge is 0.329 e. The van der Waals surface area contributed by atoms with Gasteiger partial charge in [0, 0.05) is 5.56 Å². The van der Waals surface area contributed by atoms with E-state index < -0.39 is 5.54 Å². The summed E-state index contributed by atoms with van der Waals surface area (Å²) in [5.41, 5.74) is 1.86. The summed E-state index contributed by atoms with van der Waals surface area (Å²) in [6.45, 7) is 4.65. The lowest BCUT2D eigenvalue weighted by molar-refractivity contribution is -0.901. The first kappa shape index (κ1) is 20.7. The molecular weight excluding hydrogens is 370 g/mol. The largest absolute Gasteiger partial charge is 0.493 e. The summed E-state index contributed by atoms with van der Waals surface area (Å²) in [5, 5.41) is 2.85. The van der Waals surface area contributed by atoms with Crippen LogP contribution in [0.2, 0.25) is 0 Å². The zero-order valence-electron chi connectivity index (χ0n) is 17.5. The highest BCUT2D eigenvalue weighted by molar-refractivity contribution is 6.07. The van der Waals surface area contributed by atoms with E-state index in [0.717, 1.165) is 21.6 Å². The van der Waals surface area contributed by atoms with Crippen LogP contribution in [0.1, 0.15) is 23.6 Å². The first-order valence-electron chi connectivity index (χ1n) is 9.52. The first-order valence-corrected chi connectivity index (χ1v) is 9.52. The van der Waals surface area contributed by atoms with Crippen LogP contribution in [0.25, 0.3) is 0 Å². The van der Waals surface area contributed by atoms with E-state index in [0.29, 0.717) is 18.0 Å². The Morgan fingerprint density at radius 2 is 1.69 bits per heavy atom. The number of nitrogens with zero attached hydrogens (tertiary/aromatic N) is 1. The van der Waals surface area contributed by atoms with Crippen LogP contribution in [0.4, 0.5) is 4.79 Å². The minimum absolute atomic E-state index is 0.239. The number of amides is 3. The van der Waals surface area contributed by atoms with Crippen molar-refractivity contribution in [3.8, 4) is 11.5 Å². The van der Waals surface area contributed by atoms with Crippen molar-refractivity contribution >= 4 is 11.9 Å². The van der Waals surface area contributed by atoms with E-state index >= 15 is 0 Å². The molecule has 1 aliphatic rings. The van der Waals surface area contributed by atoms with Gasteiger partial charge in [0.05, 0.1) is 21.3 Å². The Kier molecular flexibility index (Phi) is 5.79. The van der Waals surface area contributed by atoms with Gasteiger partial charge in [0.25, 0.3) is 5.91 Å². The summed E-state index contributed by atoms with van der Waals surface area (Å²) in [6, 6.07) is 12.8. The van der Waals surface area contributed by atoms with Gasteiger partial charge in [-0.2, -0.15) is 0 Å². The summed E-state index contributed by atoms with van der Waals surface area (Å²) in [7, 11) is 5.16. The Bertz CT molecular complexity index is 916. The van der Waals surface area contributed by atoms with Gasteiger partial charge in [-0.05, 0) is 37.1 Å². The lowest BCUT2D eigenvalue weighted by Gasteiger charge is -2.23. The molecule has 0 aliphatic carbocycles. The molecule has 7 heteroatoms. The number of benzene rings is 2. The van der Waals surface area contributed by atoms with Crippen LogP contribution in [0.15, 0.2) is 42.5 Å². The fourth-order valence-corrected chi connectivity index (χ4v) is 3.67. The Balaban J connectivity index is 1.75. The van der Waals surface area contributed by atoms with Crippen molar-refractivity contribution in [3.05, 3.63) is 59.2 Å². The molecule has 7 nitrogen and oxygen atoms in total. The summed E-state index contributed by atoms with van der Waals surface area (Å²) < 4.78 is 10.7. The van der Waals surface area contributed by atoms with Crippen LogP contribution in [-0.2, 0) is 16.9 Å². The van der Waals surface area contributed by atoms with E-state index in [2.05, 4.69) is 5.32 Å². The first-order chi connectivity index (χ1) is 13.8. The number of imide groups is 1. The topological polar surface area (TPSA) is 72.3 Å². The normalized spacial score (nSPS) is 19.8. The fraction of sp³-hybridized carbons (Fsp3) is 0.364. The number of hydrogen-bond donors (Lipinski definition) is 2. The number of nitrogens with one attached hydrogen (secondary N) is 2. The number of aryl methyl sites for hydroxylation is 1. The highest BCUT2D eigenvalue weighted by Gasteiger charge is 2.49. The molecule has 1 aliphatic heterocycles. The van der Waals surface area contributed by atoms with Crippen molar-refractivity contribution < 1.29 is 24.0 Å². The van der Waals surface area contributed by atoms with Crippen LogP contribution in [0, 0.1) is 6.92 Å². The third-order valence-corrected chi connectivity index (χ3v) is 5.39. The second-order valence-corrected chi connectivity index (χ2v) is 7.58. The maximum atomic E-state index is 13.1. The molecule has 2 aromatic rings. The molecule has 0 aromatic heterocycles. The molecule has 0 spiro atoms. The van der Waals surface area contributed by atoms with Gasteiger partial charge in [-0.25, -0.2) is 9.69 Å². The van der Waals surface area contributed by atoms with E-state index in [1.54, 1.807) is 21.1 Å². The molecule has 0 radical (unpaired) electrons. The molecule has 1 fully saturated rings. The summed E-state index contributed by atoms with van der Waals surface area (Å²) in [6.07, 6.45) is 0. The minimum Gasteiger partial charge on any atom is -0.493 e. The molecule has 0 saturated carbocycles. The maximum Gasteiger partial charge on any atom is 0.329 e. The number of hydrogen-bond acceptors (Lipinski definition) is 4. The number of quaternary nitrogens is 1. The molecule has 0 bridgehead atoms. The zero-order valence-corrected chi connectivity index (χ0v) is 17.5. The molecular formula is C22H28N3O4+. The van der Waals surface area contributed by atoms with E-state index in [1.807, 2.05) is 56.4 Å². The van der Waals surface area contributed by atoms with Gasteiger partial charge in [-0.15, -0.1) is 0 Å². The van der Waals surface area contributed by atoms with Crippen molar-refractivity contribution in [3.63, 3.8) is 0 Å². The van der Waals surface area contributed by atoms with Crippen LogP contribution in [0.3, 0.4) is 0 Å². The third kappa shape index (κ3) is 3.91. The average molecular weight is 398 g/mol. The molecule has 3 amide bonds. The van der Waals surface area contributed by atoms with Crippen LogP contribution in [-0.4, -0.2) is 44.8 Å². The summed E-state index contributed by atoms with van der Waals surface area (Å²) in [5.74, 6) is 1.10. The third-order valence-electron chi connectivity index (χ3n) is 5.39. The van der Waals surface area contributed by atoms with E-state index in [1.165, 1.54) is 4.90 Å². The van der Waals surface area contributed by atoms with Crippen molar-refractivity contribution in [1.29, 1.82) is 0 Å². The quantitative estimate of drug-likeness (QED) is 0.693. The van der Waals surface area contributed by atoms with E-state index in [-0.39, 0.29) is 18.6 Å². The predicted molar refractivity (Wildman–Crippen MR) is 109 cm³/mol. The molecule has 154 valence electrons. The highest BCUT2D eigenvalue weighted by atomic mass is 16.5. The number of ether oxygens (including phenoxy) is 2. The molecule has 1 unspecified atom stereocenters. The van der Waals surface area contributed by atoms with Gasteiger partial charge in [0.2, 0.25) is 0 Å². The lowest BCUT2D eigenvalue weighted by atomic mass is 9.92. The predicted octanol–water partition coefficient (Wildman–Crippen LogP) is 1.45. The average Bonchev–Trinajstić information content (AvgIpc) is 2.93. The van der Waals surface area contributed by atoms with Crippen LogP contribution >= 0.6 is 0 Å². The van der Waals surface area contributed by atoms with Gasteiger partial charge < -0.3 is 19.7 Å². The van der Waals surface area contributed by atoms with Crippen molar-refractivity contribution in [1.82, 2.24) is 10.2 Å². The van der Waals surface area contributed by atoms with Gasteiger partial charge in [-0.1, -0.05) is 30.3 Å². The fourth-order valence-electron chi connectivity index (χ4n) is 3.67. The summed E-state index contributed by atoms with van der Waals surface area (Å²) in [4.78, 5) is 27.9. The molecule has 2 aromatic carbocycles. The Morgan fingerprint density at radius 1 is 1.07 bits per heavy atom. The molecule has 2 N–H and O–H groups in total. The number of carbonyl (C=O) groups is 2. The highest BCUT2D eigenvalue weighted by Crippen LogP contribution is 2.30. The van der Waals surface area contributed by atoms with E-state index in [9.17, 15) is 9.59 Å². The SMILES string of the molecule is COc1cc(C)c(C[NH+](C)CN2C(=O)N[C@](C)(c3ccccc3)C2=O)cc1OC. The van der Waals surface area contributed by atoms with Crippen molar-refractivity contribution in [2.45, 2.75) is 25.9 Å². The van der Waals surface area contributed by atoms with Gasteiger partial charge in [0.15, 0.2) is 18.2 Å². The molecule has 2 atom stereocenters. The Morgan fingerprint density at radius 3 is 2.31 bits per heavy atom.